The van der Waals surface area contributed by atoms with Crippen molar-refractivity contribution in [1.82, 2.24) is 14.8 Å². The van der Waals surface area contributed by atoms with Crippen molar-refractivity contribution in [2.24, 2.45) is 7.05 Å². The second-order valence-electron chi connectivity index (χ2n) is 4.75. The first-order chi connectivity index (χ1) is 11.0. The van der Waals surface area contributed by atoms with Gasteiger partial charge in [-0.1, -0.05) is 23.4 Å². The lowest BCUT2D eigenvalue weighted by Gasteiger charge is -2.08. The molecule has 1 aromatic heterocycles. The van der Waals surface area contributed by atoms with Crippen molar-refractivity contribution in [3.05, 3.63) is 34.6 Å². The SMILES string of the molecule is CCOC(=O)CSc1nnc(COc2ccc(Cl)c(C)c2)n1C. The van der Waals surface area contributed by atoms with Gasteiger partial charge in [0.05, 0.1) is 12.4 Å². The smallest absolute Gasteiger partial charge is 0.316 e. The van der Waals surface area contributed by atoms with E-state index in [1.165, 1.54) is 11.8 Å². The van der Waals surface area contributed by atoms with Crippen LogP contribution in [0.15, 0.2) is 23.4 Å². The Bertz CT molecular complexity index is 691. The molecule has 23 heavy (non-hydrogen) atoms. The molecule has 0 aliphatic carbocycles. The molecule has 0 radical (unpaired) electrons. The van der Waals surface area contributed by atoms with Gasteiger partial charge in [-0.05, 0) is 37.6 Å². The minimum Gasteiger partial charge on any atom is -0.486 e. The lowest BCUT2D eigenvalue weighted by Crippen LogP contribution is -2.08. The number of aryl methyl sites for hydroxylation is 1. The summed E-state index contributed by atoms with van der Waals surface area (Å²) >= 11 is 7.27. The number of nitrogens with zero attached hydrogens (tertiary/aromatic N) is 3. The Balaban J connectivity index is 1.93. The predicted octanol–water partition coefficient (Wildman–Crippen LogP) is 3.01. The van der Waals surface area contributed by atoms with Gasteiger partial charge in [-0.15, -0.1) is 10.2 Å². The van der Waals surface area contributed by atoms with Gasteiger partial charge in [-0.25, -0.2) is 0 Å². The summed E-state index contributed by atoms with van der Waals surface area (Å²) in [5, 5.41) is 9.49. The summed E-state index contributed by atoms with van der Waals surface area (Å²) in [6, 6.07) is 5.47. The molecule has 0 atom stereocenters. The minimum absolute atomic E-state index is 0.205. The molecule has 0 saturated heterocycles. The first-order valence-electron chi connectivity index (χ1n) is 7.07. The number of carbonyl (C=O) groups is 1. The quantitative estimate of drug-likeness (QED) is 0.562. The lowest BCUT2D eigenvalue weighted by atomic mass is 10.2. The largest absolute Gasteiger partial charge is 0.486 e. The minimum atomic E-state index is -0.269. The number of hydrogen-bond acceptors (Lipinski definition) is 6. The van der Waals surface area contributed by atoms with Gasteiger partial charge in [0.1, 0.15) is 12.4 Å². The molecule has 1 aromatic carbocycles. The Hall–Kier alpha value is -1.73. The number of hydrogen-bond donors (Lipinski definition) is 0. The second kappa shape index (κ2) is 8.21. The zero-order valence-electron chi connectivity index (χ0n) is 13.2. The van der Waals surface area contributed by atoms with Crippen molar-refractivity contribution >= 4 is 29.3 Å². The molecule has 0 fully saturated rings. The first kappa shape index (κ1) is 17.6. The fourth-order valence-electron chi connectivity index (χ4n) is 1.78. The van der Waals surface area contributed by atoms with E-state index in [1.54, 1.807) is 17.6 Å². The molecule has 2 aromatic rings. The van der Waals surface area contributed by atoms with E-state index in [0.29, 0.717) is 22.6 Å². The van der Waals surface area contributed by atoms with Crippen LogP contribution in [0.25, 0.3) is 0 Å². The summed E-state index contributed by atoms with van der Waals surface area (Å²) in [4.78, 5) is 11.4. The van der Waals surface area contributed by atoms with Crippen LogP contribution in [0.5, 0.6) is 5.75 Å². The van der Waals surface area contributed by atoms with Gasteiger partial charge >= 0.3 is 5.97 Å². The average molecular weight is 356 g/mol. The summed E-state index contributed by atoms with van der Waals surface area (Å²) < 4.78 is 12.4. The summed E-state index contributed by atoms with van der Waals surface area (Å²) in [6.45, 7) is 4.35. The molecule has 0 unspecified atom stereocenters. The molecule has 8 heteroatoms. The van der Waals surface area contributed by atoms with Crippen molar-refractivity contribution in [2.75, 3.05) is 12.4 Å². The van der Waals surface area contributed by atoms with Gasteiger partial charge in [0.25, 0.3) is 0 Å². The maximum Gasteiger partial charge on any atom is 0.316 e. The van der Waals surface area contributed by atoms with Crippen LogP contribution in [0, 0.1) is 6.92 Å². The van der Waals surface area contributed by atoms with E-state index in [9.17, 15) is 4.79 Å². The van der Waals surface area contributed by atoms with Crippen LogP contribution in [0.1, 0.15) is 18.3 Å². The van der Waals surface area contributed by atoms with E-state index in [0.717, 1.165) is 11.3 Å². The third-order valence-electron chi connectivity index (χ3n) is 3.05. The van der Waals surface area contributed by atoms with Gasteiger partial charge < -0.3 is 14.0 Å². The van der Waals surface area contributed by atoms with E-state index in [2.05, 4.69) is 10.2 Å². The van der Waals surface area contributed by atoms with Crippen molar-refractivity contribution in [1.29, 1.82) is 0 Å². The van der Waals surface area contributed by atoms with E-state index in [1.807, 2.05) is 26.1 Å². The Morgan fingerprint density at radius 1 is 1.39 bits per heavy atom. The maximum atomic E-state index is 11.4. The van der Waals surface area contributed by atoms with Crippen LogP contribution >= 0.6 is 23.4 Å². The number of ether oxygens (including phenoxy) is 2. The fraction of sp³-hybridized carbons (Fsp3) is 0.400. The standard InChI is InChI=1S/C15H18ClN3O3S/c1-4-21-14(20)9-23-15-18-17-13(19(15)3)8-22-11-5-6-12(16)10(2)7-11/h5-7H,4,8-9H2,1-3H3. The molecule has 0 N–H and O–H groups in total. The molecule has 0 bridgehead atoms. The Morgan fingerprint density at radius 3 is 2.87 bits per heavy atom. The third-order valence-corrected chi connectivity index (χ3v) is 4.46. The van der Waals surface area contributed by atoms with Gasteiger partial charge in [0.15, 0.2) is 11.0 Å². The van der Waals surface area contributed by atoms with Crippen LogP contribution in [-0.4, -0.2) is 33.1 Å². The molecule has 0 amide bonds. The third kappa shape index (κ3) is 4.87. The van der Waals surface area contributed by atoms with Gasteiger partial charge in [0.2, 0.25) is 0 Å². The molecular formula is C15H18ClN3O3S. The molecule has 6 nitrogen and oxygen atoms in total. The number of carbonyl (C=O) groups excluding carboxylic acids is 1. The number of rotatable bonds is 7. The van der Waals surface area contributed by atoms with Gasteiger partial charge in [-0.3, -0.25) is 4.79 Å². The van der Waals surface area contributed by atoms with Gasteiger partial charge in [0, 0.05) is 12.1 Å². The summed E-state index contributed by atoms with van der Waals surface area (Å²) in [7, 11) is 1.83. The zero-order valence-corrected chi connectivity index (χ0v) is 14.8. The van der Waals surface area contributed by atoms with Crippen molar-refractivity contribution in [3.63, 3.8) is 0 Å². The Morgan fingerprint density at radius 2 is 2.17 bits per heavy atom. The van der Waals surface area contributed by atoms with Crippen molar-refractivity contribution in [3.8, 4) is 5.75 Å². The highest BCUT2D eigenvalue weighted by Crippen LogP contribution is 2.22. The van der Waals surface area contributed by atoms with E-state index >= 15 is 0 Å². The second-order valence-corrected chi connectivity index (χ2v) is 6.10. The molecular weight excluding hydrogens is 338 g/mol. The van der Waals surface area contributed by atoms with Crippen LogP contribution < -0.4 is 4.74 Å². The summed E-state index contributed by atoms with van der Waals surface area (Å²) in [6.07, 6.45) is 0. The number of halogens is 1. The van der Waals surface area contributed by atoms with E-state index < -0.39 is 0 Å². The van der Waals surface area contributed by atoms with Crippen LogP contribution in [0.4, 0.5) is 0 Å². The highest BCUT2D eigenvalue weighted by atomic mass is 35.5. The molecule has 1 heterocycles. The average Bonchev–Trinajstić information content (AvgIpc) is 2.87. The fourth-order valence-corrected chi connectivity index (χ4v) is 2.62. The molecule has 0 saturated carbocycles. The van der Waals surface area contributed by atoms with Crippen molar-refractivity contribution in [2.45, 2.75) is 25.6 Å². The molecule has 124 valence electrons. The first-order valence-corrected chi connectivity index (χ1v) is 8.43. The number of aromatic nitrogens is 3. The zero-order chi connectivity index (χ0) is 16.8. The van der Waals surface area contributed by atoms with Crippen LogP contribution in [-0.2, 0) is 23.2 Å². The highest BCUT2D eigenvalue weighted by Gasteiger charge is 2.12. The van der Waals surface area contributed by atoms with Crippen LogP contribution in [0.3, 0.4) is 0 Å². The van der Waals surface area contributed by atoms with Crippen molar-refractivity contribution < 1.29 is 14.3 Å². The normalized spacial score (nSPS) is 10.6. The number of benzene rings is 1. The van der Waals surface area contributed by atoms with Gasteiger partial charge in [-0.2, -0.15) is 0 Å². The van der Waals surface area contributed by atoms with Crippen LogP contribution in [0.2, 0.25) is 5.02 Å². The topological polar surface area (TPSA) is 66.2 Å². The summed E-state index contributed by atoms with van der Waals surface area (Å²) in [5.41, 5.74) is 0.952. The Kier molecular flexibility index (Phi) is 6.29. The Labute approximate surface area is 144 Å². The molecule has 0 aliphatic heterocycles. The number of thioether (sulfide) groups is 1. The molecule has 0 spiro atoms. The summed E-state index contributed by atoms with van der Waals surface area (Å²) in [5.74, 6) is 1.33. The monoisotopic (exact) mass is 355 g/mol. The predicted molar refractivity (Wildman–Crippen MR) is 88.9 cm³/mol. The molecule has 2 rings (SSSR count). The van der Waals surface area contributed by atoms with E-state index in [-0.39, 0.29) is 18.3 Å². The highest BCUT2D eigenvalue weighted by molar-refractivity contribution is 7.99. The van der Waals surface area contributed by atoms with E-state index in [4.69, 9.17) is 21.1 Å². The molecule has 0 aliphatic rings. The maximum absolute atomic E-state index is 11.4. The number of esters is 1. The lowest BCUT2D eigenvalue weighted by molar-refractivity contribution is -0.139.